The lowest BCUT2D eigenvalue weighted by molar-refractivity contribution is -0.151. The molecule has 0 rings (SSSR count). The number of aliphatic hydroxyl groups is 2. The maximum Gasteiger partial charge on any atom is 0.332 e. The standard InChI is InChI=1S/C6H12O4/c1-3(4(2)7)5(8)6(9)10/h3-5,7-8H,1-2H3,(H,9,10)/t3-,4-,5-/m0/s1. The van der Waals surface area contributed by atoms with E-state index in [1.54, 1.807) is 0 Å². The molecule has 0 aliphatic carbocycles. The first-order chi connectivity index (χ1) is 4.46. The first-order valence-electron chi connectivity index (χ1n) is 3.05. The van der Waals surface area contributed by atoms with Gasteiger partial charge in [-0.2, -0.15) is 0 Å². The van der Waals surface area contributed by atoms with E-state index >= 15 is 0 Å². The number of aliphatic hydroxyl groups excluding tert-OH is 2. The van der Waals surface area contributed by atoms with E-state index in [0.717, 1.165) is 0 Å². The van der Waals surface area contributed by atoms with E-state index in [0.29, 0.717) is 0 Å². The zero-order valence-electron chi connectivity index (χ0n) is 5.98. The maximum absolute atomic E-state index is 10.1. The Hall–Kier alpha value is -0.610. The SMILES string of the molecule is C[C@@H]([C@H](C)O)[C@H](O)C(=O)O. The summed E-state index contributed by atoms with van der Waals surface area (Å²) in [7, 11) is 0. The van der Waals surface area contributed by atoms with Crippen molar-refractivity contribution in [1.82, 2.24) is 0 Å². The molecule has 4 heteroatoms. The van der Waals surface area contributed by atoms with Gasteiger partial charge in [0.2, 0.25) is 0 Å². The second kappa shape index (κ2) is 3.53. The highest BCUT2D eigenvalue weighted by molar-refractivity contribution is 5.72. The van der Waals surface area contributed by atoms with Crippen molar-refractivity contribution in [1.29, 1.82) is 0 Å². The van der Waals surface area contributed by atoms with Crippen LogP contribution in [0.25, 0.3) is 0 Å². The Labute approximate surface area is 59.1 Å². The molecule has 0 radical (unpaired) electrons. The van der Waals surface area contributed by atoms with Crippen LogP contribution in [0.15, 0.2) is 0 Å². The molecule has 0 bridgehead atoms. The molecule has 3 N–H and O–H groups in total. The molecule has 0 aromatic heterocycles. The Balaban J connectivity index is 3.94. The zero-order valence-corrected chi connectivity index (χ0v) is 5.98. The van der Waals surface area contributed by atoms with Gasteiger partial charge in [0, 0.05) is 5.92 Å². The highest BCUT2D eigenvalue weighted by Gasteiger charge is 2.24. The third-order valence-electron chi connectivity index (χ3n) is 1.51. The molecule has 0 aromatic rings. The van der Waals surface area contributed by atoms with Gasteiger partial charge in [-0.25, -0.2) is 4.79 Å². The Morgan fingerprint density at radius 1 is 1.30 bits per heavy atom. The van der Waals surface area contributed by atoms with Crippen molar-refractivity contribution < 1.29 is 20.1 Å². The van der Waals surface area contributed by atoms with Crippen molar-refractivity contribution in [3.8, 4) is 0 Å². The van der Waals surface area contributed by atoms with Crippen molar-refractivity contribution in [2.75, 3.05) is 0 Å². The fourth-order valence-electron chi connectivity index (χ4n) is 0.489. The summed E-state index contributed by atoms with van der Waals surface area (Å²) in [4.78, 5) is 10.1. The van der Waals surface area contributed by atoms with Crippen LogP contribution in [0, 0.1) is 5.92 Å². The minimum atomic E-state index is -1.47. The van der Waals surface area contributed by atoms with Gasteiger partial charge in [-0.1, -0.05) is 6.92 Å². The van der Waals surface area contributed by atoms with E-state index < -0.39 is 24.1 Å². The van der Waals surface area contributed by atoms with Crippen LogP contribution >= 0.6 is 0 Å². The number of carbonyl (C=O) groups is 1. The lowest BCUT2D eigenvalue weighted by atomic mass is 10.00. The Kier molecular flexibility index (Phi) is 3.32. The molecule has 0 fully saturated rings. The molecule has 0 saturated heterocycles. The second-order valence-electron chi connectivity index (χ2n) is 2.38. The van der Waals surface area contributed by atoms with E-state index in [9.17, 15) is 4.79 Å². The molecule has 0 spiro atoms. The van der Waals surface area contributed by atoms with Gasteiger partial charge in [0.15, 0.2) is 6.10 Å². The van der Waals surface area contributed by atoms with Gasteiger partial charge in [0.05, 0.1) is 6.10 Å². The van der Waals surface area contributed by atoms with Crippen molar-refractivity contribution in [2.45, 2.75) is 26.1 Å². The molecule has 0 aliphatic rings. The van der Waals surface area contributed by atoms with Crippen LogP contribution in [0.4, 0.5) is 0 Å². The molecular weight excluding hydrogens is 136 g/mol. The number of hydrogen-bond donors (Lipinski definition) is 3. The summed E-state index contributed by atoms with van der Waals surface area (Å²) >= 11 is 0. The smallest absolute Gasteiger partial charge is 0.332 e. The zero-order chi connectivity index (χ0) is 8.31. The molecule has 0 heterocycles. The van der Waals surface area contributed by atoms with Gasteiger partial charge < -0.3 is 15.3 Å². The summed E-state index contributed by atoms with van der Waals surface area (Å²) < 4.78 is 0. The van der Waals surface area contributed by atoms with Crippen LogP contribution in [-0.2, 0) is 4.79 Å². The first-order valence-corrected chi connectivity index (χ1v) is 3.05. The van der Waals surface area contributed by atoms with Crippen molar-refractivity contribution >= 4 is 5.97 Å². The fourth-order valence-corrected chi connectivity index (χ4v) is 0.489. The number of aliphatic carboxylic acids is 1. The van der Waals surface area contributed by atoms with Crippen LogP contribution in [0.2, 0.25) is 0 Å². The van der Waals surface area contributed by atoms with Crippen LogP contribution in [0.1, 0.15) is 13.8 Å². The average Bonchev–Trinajstić information content (AvgIpc) is 1.84. The van der Waals surface area contributed by atoms with E-state index in [2.05, 4.69) is 0 Å². The van der Waals surface area contributed by atoms with Gasteiger partial charge in [0.25, 0.3) is 0 Å². The van der Waals surface area contributed by atoms with Gasteiger partial charge >= 0.3 is 5.97 Å². The van der Waals surface area contributed by atoms with Crippen molar-refractivity contribution in [2.24, 2.45) is 5.92 Å². The summed E-state index contributed by atoms with van der Waals surface area (Å²) in [6.45, 7) is 2.92. The van der Waals surface area contributed by atoms with Crippen molar-refractivity contribution in [3.05, 3.63) is 0 Å². The van der Waals surface area contributed by atoms with E-state index in [1.807, 2.05) is 0 Å². The summed E-state index contributed by atoms with van der Waals surface area (Å²) in [5.41, 5.74) is 0. The Bertz CT molecular complexity index is 121. The highest BCUT2D eigenvalue weighted by Crippen LogP contribution is 2.07. The molecule has 0 aliphatic heterocycles. The summed E-state index contributed by atoms with van der Waals surface area (Å²) in [6.07, 6.45) is -2.27. The van der Waals surface area contributed by atoms with E-state index in [-0.39, 0.29) is 0 Å². The minimum Gasteiger partial charge on any atom is -0.479 e. The van der Waals surface area contributed by atoms with Gasteiger partial charge in [0.1, 0.15) is 0 Å². The maximum atomic E-state index is 10.1. The molecule has 0 aromatic carbocycles. The number of hydrogen-bond acceptors (Lipinski definition) is 3. The lowest BCUT2D eigenvalue weighted by Crippen LogP contribution is -2.33. The summed E-state index contributed by atoms with van der Waals surface area (Å²) in [6, 6.07) is 0. The molecule has 0 saturated carbocycles. The van der Waals surface area contributed by atoms with Crippen LogP contribution < -0.4 is 0 Å². The molecule has 4 nitrogen and oxygen atoms in total. The summed E-state index contributed by atoms with van der Waals surface area (Å²) in [5, 5.41) is 25.9. The number of carboxylic acids is 1. The highest BCUT2D eigenvalue weighted by atomic mass is 16.4. The predicted molar refractivity (Wildman–Crippen MR) is 34.5 cm³/mol. The normalized spacial score (nSPS) is 19.6. The van der Waals surface area contributed by atoms with Crippen LogP contribution in [-0.4, -0.2) is 33.5 Å². The quantitative estimate of drug-likeness (QED) is 0.501. The molecular formula is C6H12O4. The molecule has 0 amide bonds. The Morgan fingerprint density at radius 2 is 1.70 bits per heavy atom. The molecule has 60 valence electrons. The first kappa shape index (κ1) is 9.39. The minimum absolute atomic E-state index is 0.627. The van der Waals surface area contributed by atoms with Crippen LogP contribution in [0.5, 0.6) is 0 Å². The fraction of sp³-hybridized carbons (Fsp3) is 0.833. The van der Waals surface area contributed by atoms with Gasteiger partial charge in [-0.15, -0.1) is 0 Å². The number of rotatable bonds is 3. The predicted octanol–water partition coefficient (Wildman–Crippen LogP) is -0.551. The average molecular weight is 148 g/mol. The largest absolute Gasteiger partial charge is 0.479 e. The lowest BCUT2D eigenvalue weighted by Gasteiger charge is -2.16. The van der Waals surface area contributed by atoms with E-state index in [1.165, 1.54) is 13.8 Å². The third kappa shape index (κ3) is 2.33. The van der Waals surface area contributed by atoms with Crippen LogP contribution in [0.3, 0.4) is 0 Å². The topological polar surface area (TPSA) is 77.8 Å². The number of carboxylic acid groups (broad SMARTS) is 1. The van der Waals surface area contributed by atoms with Crippen molar-refractivity contribution in [3.63, 3.8) is 0 Å². The second-order valence-corrected chi connectivity index (χ2v) is 2.38. The van der Waals surface area contributed by atoms with Gasteiger partial charge in [-0.3, -0.25) is 0 Å². The van der Waals surface area contributed by atoms with E-state index in [4.69, 9.17) is 15.3 Å². The third-order valence-corrected chi connectivity index (χ3v) is 1.51. The molecule has 0 unspecified atom stereocenters. The van der Waals surface area contributed by atoms with Gasteiger partial charge in [-0.05, 0) is 6.92 Å². The monoisotopic (exact) mass is 148 g/mol. The Morgan fingerprint density at radius 3 is 1.80 bits per heavy atom. The summed E-state index contributed by atoms with van der Waals surface area (Å²) in [5.74, 6) is -1.93. The molecule has 10 heavy (non-hydrogen) atoms. The molecule has 3 atom stereocenters.